The van der Waals surface area contributed by atoms with Crippen molar-refractivity contribution >= 4 is 16.8 Å². The maximum atomic E-state index is 11.2. The molecule has 1 aliphatic heterocycles. The fraction of sp³-hybridized carbons (Fsp3) is 0.889. The zero-order valence-corrected chi connectivity index (χ0v) is 10.2. The van der Waals surface area contributed by atoms with E-state index in [2.05, 4.69) is 29.2 Å². The molecule has 0 atom stereocenters. The number of hydrogen-bond acceptors (Lipinski definition) is 3. The smallest absolute Gasteiger partial charge is 0.208 e. The highest BCUT2D eigenvalue weighted by Gasteiger charge is 2.17. The van der Waals surface area contributed by atoms with Crippen molar-refractivity contribution in [1.29, 1.82) is 0 Å². The van der Waals surface area contributed by atoms with Crippen LogP contribution < -0.4 is 11.3 Å². The largest absolute Gasteiger partial charge is 0.340 e. The van der Waals surface area contributed by atoms with Gasteiger partial charge in [0.2, 0.25) is 5.96 Å². The van der Waals surface area contributed by atoms with Crippen molar-refractivity contribution in [3.8, 4) is 0 Å². The van der Waals surface area contributed by atoms with Gasteiger partial charge in [0.1, 0.15) is 0 Å². The lowest BCUT2D eigenvalue weighted by atomic mass is 10.2. The molecule has 0 unspecified atom stereocenters. The molecular formula is C9H20N4OS. The Morgan fingerprint density at radius 1 is 1.53 bits per heavy atom. The van der Waals surface area contributed by atoms with Crippen molar-refractivity contribution in [2.24, 2.45) is 16.8 Å². The third kappa shape index (κ3) is 4.17. The minimum Gasteiger partial charge on any atom is -0.340 e. The highest BCUT2D eigenvalue weighted by atomic mass is 32.2. The average molecular weight is 232 g/mol. The van der Waals surface area contributed by atoms with Crippen LogP contribution in [-0.4, -0.2) is 46.2 Å². The van der Waals surface area contributed by atoms with Crippen molar-refractivity contribution < 1.29 is 4.21 Å². The van der Waals surface area contributed by atoms with Crippen molar-refractivity contribution in [1.82, 2.24) is 10.3 Å². The van der Waals surface area contributed by atoms with Crippen LogP contribution in [0.1, 0.15) is 13.8 Å². The molecule has 0 aromatic rings. The van der Waals surface area contributed by atoms with Crippen LogP contribution in [-0.2, 0) is 10.8 Å². The lowest BCUT2D eigenvalue weighted by Crippen LogP contribution is -2.50. The van der Waals surface area contributed by atoms with Crippen LogP contribution in [0.25, 0.3) is 0 Å². The molecule has 0 aromatic heterocycles. The van der Waals surface area contributed by atoms with Gasteiger partial charge in [-0.2, -0.15) is 0 Å². The first-order valence-corrected chi connectivity index (χ1v) is 6.73. The lowest BCUT2D eigenvalue weighted by Gasteiger charge is -2.28. The SMILES string of the molecule is CC(C)CN=C(NN)N1CCS(=O)CC1. The highest BCUT2D eigenvalue weighted by molar-refractivity contribution is 7.85. The van der Waals surface area contributed by atoms with E-state index in [1.807, 2.05) is 0 Å². The molecule has 3 N–H and O–H groups in total. The zero-order valence-electron chi connectivity index (χ0n) is 9.40. The van der Waals surface area contributed by atoms with Crippen LogP contribution in [0.3, 0.4) is 0 Å². The van der Waals surface area contributed by atoms with Gasteiger partial charge in [-0.15, -0.1) is 0 Å². The molecule has 15 heavy (non-hydrogen) atoms. The number of aliphatic imine (C=N–C) groups is 1. The quantitative estimate of drug-likeness (QED) is 0.292. The van der Waals surface area contributed by atoms with Crippen molar-refractivity contribution in [2.75, 3.05) is 31.1 Å². The molecule has 0 spiro atoms. The fourth-order valence-corrected chi connectivity index (χ4v) is 2.41. The summed E-state index contributed by atoms with van der Waals surface area (Å²) in [6, 6.07) is 0. The van der Waals surface area contributed by atoms with E-state index in [4.69, 9.17) is 5.84 Å². The molecule has 1 rings (SSSR count). The Hall–Kier alpha value is -0.620. The summed E-state index contributed by atoms with van der Waals surface area (Å²) >= 11 is 0. The second-order valence-electron chi connectivity index (χ2n) is 4.04. The van der Waals surface area contributed by atoms with Gasteiger partial charge < -0.3 is 4.90 Å². The number of rotatable bonds is 2. The molecular weight excluding hydrogens is 212 g/mol. The minimum absolute atomic E-state index is 0.521. The summed E-state index contributed by atoms with van der Waals surface area (Å²) in [4.78, 5) is 6.46. The van der Waals surface area contributed by atoms with E-state index in [0.29, 0.717) is 17.4 Å². The normalized spacial score (nSPS) is 19.7. The van der Waals surface area contributed by atoms with Crippen molar-refractivity contribution in [2.45, 2.75) is 13.8 Å². The third-order valence-electron chi connectivity index (χ3n) is 2.21. The Morgan fingerprint density at radius 2 is 2.13 bits per heavy atom. The molecule has 0 aromatic carbocycles. The second-order valence-corrected chi connectivity index (χ2v) is 5.73. The number of hydrogen-bond donors (Lipinski definition) is 2. The number of hydrazine groups is 1. The maximum Gasteiger partial charge on any atom is 0.208 e. The fourth-order valence-electron chi connectivity index (χ4n) is 1.36. The number of guanidine groups is 1. The molecule has 0 aliphatic carbocycles. The molecule has 0 bridgehead atoms. The summed E-state index contributed by atoms with van der Waals surface area (Å²) in [5.74, 6) is 8.09. The Kier molecular flexibility index (Phi) is 5.04. The first kappa shape index (κ1) is 12.4. The summed E-state index contributed by atoms with van der Waals surface area (Å²) in [6.07, 6.45) is 0. The molecule has 88 valence electrons. The van der Waals surface area contributed by atoms with Crippen LogP contribution in [0.5, 0.6) is 0 Å². The summed E-state index contributed by atoms with van der Waals surface area (Å²) in [5.41, 5.74) is 2.62. The van der Waals surface area contributed by atoms with Gasteiger partial charge in [-0.05, 0) is 5.92 Å². The van der Waals surface area contributed by atoms with E-state index >= 15 is 0 Å². The van der Waals surface area contributed by atoms with Gasteiger partial charge in [0.15, 0.2) is 0 Å². The van der Waals surface area contributed by atoms with Gasteiger partial charge in [0.05, 0.1) is 0 Å². The molecule has 1 heterocycles. The predicted molar refractivity (Wildman–Crippen MR) is 63.9 cm³/mol. The standard InChI is InChI=1S/C9H20N4OS/c1-8(2)7-11-9(12-10)13-3-5-15(14)6-4-13/h8H,3-7,10H2,1-2H3,(H,11,12). The van der Waals surface area contributed by atoms with Crippen LogP contribution in [0.2, 0.25) is 0 Å². The van der Waals surface area contributed by atoms with Crippen molar-refractivity contribution in [3.05, 3.63) is 0 Å². The second kappa shape index (κ2) is 6.07. The van der Waals surface area contributed by atoms with Crippen molar-refractivity contribution in [3.63, 3.8) is 0 Å². The third-order valence-corrected chi connectivity index (χ3v) is 3.49. The maximum absolute atomic E-state index is 11.2. The van der Waals surface area contributed by atoms with Gasteiger partial charge in [-0.1, -0.05) is 13.8 Å². The van der Waals surface area contributed by atoms with Gasteiger partial charge in [0, 0.05) is 41.9 Å². The molecule has 0 saturated carbocycles. The Morgan fingerprint density at radius 3 is 2.60 bits per heavy atom. The Bertz CT molecular complexity index is 244. The minimum atomic E-state index is -0.657. The van der Waals surface area contributed by atoms with E-state index in [1.54, 1.807) is 0 Å². The van der Waals surface area contributed by atoms with Gasteiger partial charge in [-0.25, -0.2) is 5.84 Å². The molecule has 0 amide bonds. The van der Waals surface area contributed by atoms with Crippen LogP contribution >= 0.6 is 0 Å². The zero-order chi connectivity index (χ0) is 11.3. The summed E-state index contributed by atoms with van der Waals surface area (Å²) in [6.45, 7) is 6.53. The van der Waals surface area contributed by atoms with E-state index in [9.17, 15) is 4.21 Å². The highest BCUT2D eigenvalue weighted by Crippen LogP contribution is 2.01. The average Bonchev–Trinajstić information content (AvgIpc) is 2.21. The number of nitrogens with one attached hydrogen (secondary N) is 1. The monoisotopic (exact) mass is 232 g/mol. The Labute approximate surface area is 93.5 Å². The van der Waals surface area contributed by atoms with Crippen LogP contribution in [0.4, 0.5) is 0 Å². The summed E-state index contributed by atoms with van der Waals surface area (Å²) in [5, 5.41) is 0. The number of nitrogens with two attached hydrogens (primary N) is 1. The van der Waals surface area contributed by atoms with E-state index < -0.39 is 10.8 Å². The summed E-state index contributed by atoms with van der Waals surface area (Å²) in [7, 11) is -0.657. The van der Waals surface area contributed by atoms with Gasteiger partial charge >= 0.3 is 0 Å². The van der Waals surface area contributed by atoms with E-state index in [-0.39, 0.29) is 0 Å². The summed E-state index contributed by atoms with van der Waals surface area (Å²) < 4.78 is 11.2. The molecule has 1 aliphatic rings. The van der Waals surface area contributed by atoms with Crippen LogP contribution in [0.15, 0.2) is 4.99 Å². The first-order valence-electron chi connectivity index (χ1n) is 5.24. The first-order chi connectivity index (χ1) is 7.13. The van der Waals surface area contributed by atoms with E-state index in [1.165, 1.54) is 0 Å². The number of nitrogens with zero attached hydrogens (tertiary/aromatic N) is 2. The van der Waals surface area contributed by atoms with Crippen LogP contribution in [0, 0.1) is 5.92 Å². The van der Waals surface area contributed by atoms with Gasteiger partial charge in [0.25, 0.3) is 0 Å². The molecule has 1 saturated heterocycles. The molecule has 6 heteroatoms. The molecule has 0 radical (unpaired) electrons. The van der Waals surface area contributed by atoms with E-state index in [0.717, 1.165) is 25.6 Å². The molecule has 5 nitrogen and oxygen atoms in total. The topological polar surface area (TPSA) is 70.7 Å². The molecule has 1 fully saturated rings. The van der Waals surface area contributed by atoms with Gasteiger partial charge in [-0.3, -0.25) is 14.6 Å². The lowest BCUT2D eigenvalue weighted by molar-refractivity contribution is 0.434. The Balaban J connectivity index is 2.50. The predicted octanol–water partition coefficient (Wildman–Crippen LogP) is -0.474.